The van der Waals surface area contributed by atoms with E-state index in [-0.39, 0.29) is 19.2 Å². The minimum absolute atomic E-state index is 0.00464. The molecule has 0 aliphatic carbocycles. The van der Waals surface area contributed by atoms with Gasteiger partial charge in [-0.2, -0.15) is 31.6 Å². The summed E-state index contributed by atoms with van der Waals surface area (Å²) in [5.74, 6) is -5.20. The highest BCUT2D eigenvalue weighted by molar-refractivity contribution is 6.76. The molecule has 0 saturated carbocycles. The largest absolute Gasteiger partial charge is 0.476 e. The summed E-state index contributed by atoms with van der Waals surface area (Å²) >= 11 is 0. The lowest BCUT2D eigenvalue weighted by Gasteiger charge is -2.21. The lowest BCUT2D eigenvalue weighted by molar-refractivity contribution is -0.290. The van der Waals surface area contributed by atoms with Crippen molar-refractivity contribution in [3.8, 4) is 34.5 Å². The molecule has 44 heavy (non-hydrogen) atoms. The van der Waals surface area contributed by atoms with Gasteiger partial charge >= 0.3 is 24.1 Å². The molecule has 0 amide bonds. The highest BCUT2D eigenvalue weighted by Gasteiger charge is 2.58. The van der Waals surface area contributed by atoms with Crippen LogP contribution in [0.2, 0.25) is 25.7 Å². The summed E-state index contributed by atoms with van der Waals surface area (Å²) in [5, 5.41) is 4.21. The standard InChI is InChI=1S/C28H36F5N5O5Si/c1-18-12-22(42-15-26(2,3)24(39)40-4)35-14-20(18)21-9-8-19(13-34-21)23-36-25(43-16-27(29,30)28(31,32)33)38(37-23)17-41-10-11-44(5,6)7/h8-9,12-14H,10-11,15-17H2,1-7H3. The first-order valence-electron chi connectivity index (χ1n) is 13.6. The van der Waals surface area contributed by atoms with E-state index in [4.69, 9.17) is 18.9 Å². The lowest BCUT2D eigenvalue weighted by Crippen LogP contribution is -2.42. The van der Waals surface area contributed by atoms with Crippen LogP contribution < -0.4 is 9.47 Å². The third kappa shape index (κ3) is 9.17. The van der Waals surface area contributed by atoms with Gasteiger partial charge in [0.25, 0.3) is 0 Å². The Morgan fingerprint density at radius 2 is 1.70 bits per heavy atom. The van der Waals surface area contributed by atoms with Crippen molar-refractivity contribution in [3.63, 3.8) is 0 Å². The number of methoxy groups -OCH3 is 1. The van der Waals surface area contributed by atoms with Gasteiger partial charge in [0.1, 0.15) is 13.3 Å². The average Bonchev–Trinajstić information content (AvgIpc) is 3.35. The first-order valence-corrected chi connectivity index (χ1v) is 17.3. The number of rotatable bonds is 14. The van der Waals surface area contributed by atoms with E-state index in [0.717, 1.165) is 16.3 Å². The van der Waals surface area contributed by atoms with Crippen molar-refractivity contribution >= 4 is 14.0 Å². The fourth-order valence-corrected chi connectivity index (χ4v) is 4.32. The molecule has 0 spiro atoms. The Morgan fingerprint density at radius 3 is 2.27 bits per heavy atom. The molecule has 0 radical (unpaired) electrons. The number of ether oxygens (including phenoxy) is 4. The van der Waals surface area contributed by atoms with E-state index >= 15 is 0 Å². The topological polar surface area (TPSA) is 110 Å². The summed E-state index contributed by atoms with van der Waals surface area (Å²) in [6.45, 7) is 9.82. The van der Waals surface area contributed by atoms with E-state index in [1.54, 1.807) is 38.2 Å². The highest BCUT2D eigenvalue weighted by Crippen LogP contribution is 2.36. The number of aryl methyl sites for hydroxylation is 1. The van der Waals surface area contributed by atoms with Crippen LogP contribution in [0.3, 0.4) is 0 Å². The van der Waals surface area contributed by atoms with Crippen molar-refractivity contribution in [3.05, 3.63) is 36.2 Å². The van der Waals surface area contributed by atoms with E-state index in [1.165, 1.54) is 13.3 Å². The minimum Gasteiger partial charge on any atom is -0.476 e. The van der Waals surface area contributed by atoms with Gasteiger partial charge in [-0.3, -0.25) is 9.78 Å². The van der Waals surface area contributed by atoms with Crippen molar-refractivity contribution in [2.45, 2.75) is 65.3 Å². The maximum Gasteiger partial charge on any atom is 0.456 e. The van der Waals surface area contributed by atoms with Gasteiger partial charge in [0.15, 0.2) is 12.4 Å². The SMILES string of the molecule is COC(=O)C(C)(C)COc1cc(C)c(-c2ccc(-c3nc(OCC(F)(F)C(F)(F)F)n(COCC[Si](C)(C)C)n3)cn2)cn1. The maximum absolute atomic E-state index is 13.5. The van der Waals surface area contributed by atoms with Gasteiger partial charge in [-0.15, -0.1) is 5.10 Å². The van der Waals surface area contributed by atoms with Crippen molar-refractivity contribution in [2.75, 3.05) is 26.9 Å². The van der Waals surface area contributed by atoms with Crippen LogP contribution in [0.25, 0.3) is 22.6 Å². The number of nitrogens with zero attached hydrogens (tertiary/aromatic N) is 5. The number of carbonyl (C=O) groups excluding carboxylic acids is 1. The quantitative estimate of drug-likeness (QED) is 0.0879. The van der Waals surface area contributed by atoms with Gasteiger partial charge in [-0.25, -0.2) is 4.98 Å². The second-order valence-electron chi connectivity index (χ2n) is 12.0. The van der Waals surface area contributed by atoms with Crippen LogP contribution in [0, 0.1) is 12.3 Å². The molecule has 3 heterocycles. The highest BCUT2D eigenvalue weighted by atomic mass is 28.3. The second kappa shape index (κ2) is 13.5. The van der Waals surface area contributed by atoms with Gasteiger partial charge in [0.2, 0.25) is 5.88 Å². The van der Waals surface area contributed by atoms with E-state index in [0.29, 0.717) is 29.3 Å². The molecule has 0 aliphatic rings. The molecule has 0 unspecified atom stereocenters. The predicted octanol–water partition coefficient (Wildman–Crippen LogP) is 6.18. The summed E-state index contributed by atoms with van der Waals surface area (Å²) < 4.78 is 87.0. The summed E-state index contributed by atoms with van der Waals surface area (Å²) in [6, 6.07) is 5.22. The van der Waals surface area contributed by atoms with Crippen molar-refractivity contribution in [2.24, 2.45) is 5.41 Å². The third-order valence-corrected chi connectivity index (χ3v) is 8.05. The smallest absolute Gasteiger partial charge is 0.456 e. The molecule has 3 rings (SSSR count). The predicted molar refractivity (Wildman–Crippen MR) is 153 cm³/mol. The first kappa shape index (κ1) is 34.8. The zero-order valence-corrected chi connectivity index (χ0v) is 26.6. The molecule has 10 nitrogen and oxygen atoms in total. The normalized spacial score (nSPS) is 12.7. The van der Waals surface area contributed by atoms with Gasteiger partial charge in [0.05, 0.1) is 18.2 Å². The first-order chi connectivity index (χ1) is 20.3. The number of esters is 1. The van der Waals surface area contributed by atoms with Gasteiger partial charge in [-0.05, 0) is 44.5 Å². The van der Waals surface area contributed by atoms with Crippen molar-refractivity contribution < 1.29 is 45.7 Å². The van der Waals surface area contributed by atoms with Crippen molar-refractivity contribution in [1.82, 2.24) is 24.7 Å². The number of carbonyl (C=O) groups is 1. The zero-order valence-electron chi connectivity index (χ0n) is 25.6. The lowest BCUT2D eigenvalue weighted by atomic mass is 9.95. The van der Waals surface area contributed by atoms with E-state index in [2.05, 4.69) is 39.7 Å². The fraction of sp³-hybridized carbons (Fsp3) is 0.536. The number of hydrogen-bond donors (Lipinski definition) is 0. The maximum atomic E-state index is 13.5. The second-order valence-corrected chi connectivity index (χ2v) is 17.6. The molecule has 0 N–H and O–H groups in total. The van der Waals surface area contributed by atoms with Crippen LogP contribution >= 0.6 is 0 Å². The Morgan fingerprint density at radius 1 is 1.00 bits per heavy atom. The van der Waals surface area contributed by atoms with Crippen LogP contribution in [0.1, 0.15) is 19.4 Å². The molecule has 0 atom stereocenters. The number of pyridine rings is 2. The monoisotopic (exact) mass is 645 g/mol. The number of hydrogen-bond acceptors (Lipinski definition) is 9. The molecule has 3 aromatic heterocycles. The van der Waals surface area contributed by atoms with Crippen LogP contribution in [0.5, 0.6) is 11.9 Å². The summed E-state index contributed by atoms with van der Waals surface area (Å²) in [5.41, 5.74) is 1.49. The minimum atomic E-state index is -5.79. The number of alkyl halides is 5. The van der Waals surface area contributed by atoms with E-state index in [1.807, 2.05) is 6.92 Å². The Bertz CT molecular complexity index is 1430. The molecule has 0 fully saturated rings. The third-order valence-electron chi connectivity index (χ3n) is 6.35. The Hall–Kier alpha value is -3.66. The number of halogens is 5. The van der Waals surface area contributed by atoms with Crippen LogP contribution in [-0.2, 0) is 21.0 Å². The molecular formula is C28H36F5N5O5Si. The molecule has 3 aromatic rings. The molecule has 16 heteroatoms. The fourth-order valence-electron chi connectivity index (χ4n) is 3.56. The van der Waals surface area contributed by atoms with Crippen LogP contribution in [0.4, 0.5) is 22.0 Å². The molecular weight excluding hydrogens is 609 g/mol. The average molecular weight is 646 g/mol. The van der Waals surface area contributed by atoms with Crippen LogP contribution in [0.15, 0.2) is 30.6 Å². The molecule has 0 saturated heterocycles. The van der Waals surface area contributed by atoms with Gasteiger partial charge in [-0.1, -0.05) is 19.6 Å². The van der Waals surface area contributed by atoms with Crippen LogP contribution in [-0.4, -0.2) is 77.8 Å². The molecule has 242 valence electrons. The molecule has 0 bridgehead atoms. The molecule has 0 aliphatic heterocycles. The summed E-state index contributed by atoms with van der Waals surface area (Å²) in [7, 11) is -0.134. The summed E-state index contributed by atoms with van der Waals surface area (Å²) in [6.07, 6.45) is -2.79. The Kier molecular flexibility index (Phi) is 10.7. The van der Waals surface area contributed by atoms with Crippen molar-refractivity contribution in [1.29, 1.82) is 0 Å². The van der Waals surface area contributed by atoms with Gasteiger partial charge in [0, 0.05) is 44.3 Å². The van der Waals surface area contributed by atoms with E-state index in [9.17, 15) is 26.7 Å². The molecule has 0 aromatic carbocycles. The van der Waals surface area contributed by atoms with E-state index < -0.39 is 44.2 Å². The Labute approximate surface area is 252 Å². The van der Waals surface area contributed by atoms with Gasteiger partial charge < -0.3 is 18.9 Å². The zero-order chi connectivity index (χ0) is 32.9. The Balaban J connectivity index is 1.78. The number of aromatic nitrogens is 5. The summed E-state index contributed by atoms with van der Waals surface area (Å²) in [4.78, 5) is 24.6.